The highest BCUT2D eigenvalue weighted by atomic mass is 16.5. The number of methoxy groups -OCH3 is 1. The second kappa shape index (κ2) is 7.65. The maximum atomic E-state index is 13.1. The van der Waals surface area contributed by atoms with Gasteiger partial charge in [0.1, 0.15) is 11.6 Å². The molecule has 3 aliphatic heterocycles. The van der Waals surface area contributed by atoms with Crippen LogP contribution < -0.4 is 14.5 Å². The summed E-state index contributed by atoms with van der Waals surface area (Å²) in [6.45, 7) is 5.30. The molecule has 5 rings (SSSR count). The van der Waals surface area contributed by atoms with Gasteiger partial charge in [0, 0.05) is 45.3 Å². The minimum Gasteiger partial charge on any atom is -0.495 e. The molecule has 2 amide bonds. The molecule has 0 aromatic heterocycles. The maximum Gasteiger partial charge on any atom is 0.330 e. The van der Waals surface area contributed by atoms with Gasteiger partial charge in [0.2, 0.25) is 0 Å². The topological polar surface area (TPSA) is 51.6 Å². The molecule has 30 heavy (non-hydrogen) atoms. The van der Waals surface area contributed by atoms with E-state index in [2.05, 4.69) is 28.0 Å². The van der Waals surface area contributed by atoms with Crippen molar-refractivity contribution < 1.29 is 9.53 Å². The van der Waals surface area contributed by atoms with Crippen LogP contribution in [0.2, 0.25) is 0 Å². The third kappa shape index (κ3) is 3.10. The lowest BCUT2D eigenvalue weighted by atomic mass is 10.1. The third-order valence-corrected chi connectivity index (χ3v) is 6.31. The first-order valence-electron chi connectivity index (χ1n) is 10.5. The van der Waals surface area contributed by atoms with E-state index in [1.54, 1.807) is 12.0 Å². The number of carbonyl (C=O) groups excluding carboxylic acids is 1. The molecule has 7 nitrogen and oxygen atoms in total. The summed E-state index contributed by atoms with van der Waals surface area (Å²) in [5.41, 5.74) is 3.13. The summed E-state index contributed by atoms with van der Waals surface area (Å²) in [7, 11) is 3.57. The zero-order valence-electron chi connectivity index (χ0n) is 17.5. The standard InChI is InChI=1S/C23H27N5O2/c1-25-19-8-4-3-7-18(19)22-24-15-17(28(22)23(25)29)16-26-11-13-27(14-12-26)20-9-5-6-10-21(20)30-2/h3-10,17H,11-16H2,1-2H3. The van der Waals surface area contributed by atoms with Crippen LogP contribution in [0.1, 0.15) is 5.56 Å². The van der Waals surface area contributed by atoms with Crippen molar-refractivity contribution in [2.75, 3.05) is 63.2 Å². The Morgan fingerprint density at radius 2 is 1.70 bits per heavy atom. The number of ether oxygens (including phenoxy) is 1. The predicted octanol–water partition coefficient (Wildman–Crippen LogP) is 2.52. The lowest BCUT2D eigenvalue weighted by molar-refractivity contribution is 0.187. The van der Waals surface area contributed by atoms with Gasteiger partial charge in [-0.05, 0) is 24.3 Å². The summed E-state index contributed by atoms with van der Waals surface area (Å²) in [4.78, 5) is 26.3. The summed E-state index contributed by atoms with van der Waals surface area (Å²) in [5, 5.41) is 0. The Morgan fingerprint density at radius 3 is 2.47 bits per heavy atom. The van der Waals surface area contributed by atoms with Gasteiger partial charge in [-0.2, -0.15) is 0 Å². The second-order valence-corrected chi connectivity index (χ2v) is 8.01. The number of aliphatic imine (C=N–C) groups is 1. The Labute approximate surface area is 177 Å². The number of urea groups is 1. The van der Waals surface area contributed by atoms with Crippen LogP contribution in [0.4, 0.5) is 16.2 Å². The van der Waals surface area contributed by atoms with Gasteiger partial charge in [0.25, 0.3) is 0 Å². The summed E-state index contributed by atoms with van der Waals surface area (Å²) < 4.78 is 5.52. The molecule has 156 valence electrons. The minimum atomic E-state index is 0.0163. The Balaban J connectivity index is 1.26. The fourth-order valence-corrected chi connectivity index (χ4v) is 4.70. The van der Waals surface area contributed by atoms with Crippen LogP contribution in [0.5, 0.6) is 5.75 Å². The number of hydrogen-bond donors (Lipinski definition) is 0. The van der Waals surface area contributed by atoms with E-state index in [4.69, 9.17) is 9.73 Å². The fourth-order valence-electron chi connectivity index (χ4n) is 4.70. The summed E-state index contributed by atoms with van der Waals surface area (Å²) in [5.74, 6) is 1.74. The van der Waals surface area contributed by atoms with Gasteiger partial charge in [-0.3, -0.25) is 19.7 Å². The predicted molar refractivity (Wildman–Crippen MR) is 119 cm³/mol. The van der Waals surface area contributed by atoms with Crippen molar-refractivity contribution in [1.82, 2.24) is 9.80 Å². The van der Waals surface area contributed by atoms with Gasteiger partial charge >= 0.3 is 6.03 Å². The van der Waals surface area contributed by atoms with Crippen molar-refractivity contribution in [2.24, 2.45) is 4.99 Å². The average molecular weight is 406 g/mol. The molecule has 0 spiro atoms. The van der Waals surface area contributed by atoms with E-state index in [1.165, 1.54) is 0 Å². The third-order valence-electron chi connectivity index (χ3n) is 6.31. The molecular weight excluding hydrogens is 378 g/mol. The number of amidine groups is 1. The monoisotopic (exact) mass is 405 g/mol. The minimum absolute atomic E-state index is 0.0163. The van der Waals surface area contributed by atoms with Crippen molar-refractivity contribution in [3.63, 3.8) is 0 Å². The molecule has 3 aliphatic rings. The van der Waals surface area contributed by atoms with Gasteiger partial charge < -0.3 is 9.64 Å². The highest BCUT2D eigenvalue weighted by molar-refractivity contribution is 6.19. The molecule has 0 bridgehead atoms. The number of carbonyl (C=O) groups is 1. The summed E-state index contributed by atoms with van der Waals surface area (Å²) >= 11 is 0. The maximum absolute atomic E-state index is 13.1. The van der Waals surface area contributed by atoms with Crippen LogP contribution in [-0.4, -0.2) is 81.1 Å². The smallest absolute Gasteiger partial charge is 0.330 e. The lowest BCUT2D eigenvalue weighted by Crippen LogP contribution is -2.56. The number of rotatable bonds is 4. The molecule has 7 heteroatoms. The molecule has 0 saturated carbocycles. The van der Waals surface area contributed by atoms with E-state index >= 15 is 0 Å². The van der Waals surface area contributed by atoms with Crippen LogP contribution in [-0.2, 0) is 0 Å². The van der Waals surface area contributed by atoms with E-state index < -0.39 is 0 Å². The Bertz CT molecular complexity index is 983. The van der Waals surface area contributed by atoms with Crippen LogP contribution in [0.25, 0.3) is 0 Å². The van der Waals surface area contributed by atoms with Gasteiger partial charge in [0.15, 0.2) is 0 Å². The molecule has 1 unspecified atom stereocenters. The quantitative estimate of drug-likeness (QED) is 0.784. The number of anilines is 2. The number of para-hydroxylation sites is 3. The SMILES string of the molecule is COc1ccccc1N1CCN(CC2CN=C3c4ccccc4N(C)C(=O)N32)CC1. The molecule has 0 N–H and O–H groups in total. The molecule has 3 heterocycles. The first-order valence-corrected chi connectivity index (χ1v) is 10.5. The van der Waals surface area contributed by atoms with E-state index in [0.717, 1.165) is 61.2 Å². The van der Waals surface area contributed by atoms with Crippen LogP contribution in [0, 0.1) is 0 Å². The molecule has 0 radical (unpaired) electrons. The number of amides is 2. The number of fused-ring (bicyclic) bond motifs is 3. The van der Waals surface area contributed by atoms with Crippen molar-refractivity contribution in [1.29, 1.82) is 0 Å². The average Bonchev–Trinajstić information content (AvgIpc) is 3.22. The molecule has 1 atom stereocenters. The first-order chi connectivity index (χ1) is 14.7. The molecule has 1 saturated heterocycles. The van der Waals surface area contributed by atoms with Gasteiger partial charge in [0.05, 0.1) is 31.1 Å². The Morgan fingerprint density at radius 1 is 1.00 bits per heavy atom. The second-order valence-electron chi connectivity index (χ2n) is 8.01. The lowest BCUT2D eigenvalue weighted by Gasteiger charge is -2.40. The first kappa shape index (κ1) is 18.9. The van der Waals surface area contributed by atoms with Crippen molar-refractivity contribution >= 4 is 23.2 Å². The molecular formula is C23H27N5O2. The van der Waals surface area contributed by atoms with Crippen molar-refractivity contribution in [3.05, 3.63) is 54.1 Å². The van der Waals surface area contributed by atoms with Gasteiger partial charge in [-0.25, -0.2) is 4.79 Å². The van der Waals surface area contributed by atoms with Gasteiger partial charge in [-0.1, -0.05) is 24.3 Å². The van der Waals surface area contributed by atoms with E-state index in [-0.39, 0.29) is 12.1 Å². The molecule has 2 aromatic rings. The fraction of sp³-hybridized carbons (Fsp3) is 0.391. The normalized spacial score (nSPS) is 21.4. The Hall–Kier alpha value is -3.06. The summed E-state index contributed by atoms with van der Waals surface area (Å²) in [6, 6.07) is 16.3. The molecule has 1 fully saturated rings. The van der Waals surface area contributed by atoms with E-state index in [0.29, 0.717) is 6.54 Å². The zero-order valence-corrected chi connectivity index (χ0v) is 17.5. The number of piperazine rings is 1. The van der Waals surface area contributed by atoms with Gasteiger partial charge in [-0.15, -0.1) is 0 Å². The number of nitrogens with zero attached hydrogens (tertiary/aromatic N) is 5. The zero-order chi connectivity index (χ0) is 20.7. The largest absolute Gasteiger partial charge is 0.495 e. The molecule has 2 aromatic carbocycles. The van der Waals surface area contributed by atoms with Crippen molar-refractivity contribution in [3.8, 4) is 5.75 Å². The number of hydrogen-bond acceptors (Lipinski definition) is 5. The highest BCUT2D eigenvalue weighted by Crippen LogP contribution is 2.32. The number of benzene rings is 2. The van der Waals surface area contributed by atoms with Crippen LogP contribution in [0.15, 0.2) is 53.5 Å². The van der Waals surface area contributed by atoms with Crippen LogP contribution in [0.3, 0.4) is 0 Å². The van der Waals surface area contributed by atoms with Crippen LogP contribution >= 0.6 is 0 Å². The molecule has 0 aliphatic carbocycles. The van der Waals surface area contributed by atoms with E-state index in [9.17, 15) is 4.79 Å². The van der Waals surface area contributed by atoms with Crippen molar-refractivity contribution in [2.45, 2.75) is 6.04 Å². The summed E-state index contributed by atoms with van der Waals surface area (Å²) in [6.07, 6.45) is 0. The van der Waals surface area contributed by atoms with E-state index in [1.807, 2.05) is 42.3 Å². The Kier molecular flexibility index (Phi) is 4.83. The highest BCUT2D eigenvalue weighted by Gasteiger charge is 2.41.